The summed E-state index contributed by atoms with van der Waals surface area (Å²) in [6, 6.07) is 12.8. The summed E-state index contributed by atoms with van der Waals surface area (Å²) in [5.74, 6) is -1.25. The number of amides is 2. The van der Waals surface area contributed by atoms with Crippen LogP contribution >= 0.6 is 0 Å². The van der Waals surface area contributed by atoms with Crippen LogP contribution in [0.3, 0.4) is 0 Å². The van der Waals surface area contributed by atoms with Gasteiger partial charge in [0.25, 0.3) is 5.91 Å². The van der Waals surface area contributed by atoms with Crippen molar-refractivity contribution in [3.63, 3.8) is 0 Å². The number of hydrogen-bond donors (Lipinski definition) is 1. The number of benzene rings is 2. The summed E-state index contributed by atoms with van der Waals surface area (Å²) in [6.45, 7) is 5.57. The van der Waals surface area contributed by atoms with Gasteiger partial charge in [-0.3, -0.25) is 14.4 Å². The fraction of sp³-hybridized carbons (Fsp3) is 0.348. The predicted octanol–water partition coefficient (Wildman–Crippen LogP) is 3.24. The number of carbonyl (C=O) groups is 3. The van der Waals surface area contributed by atoms with Crippen LogP contribution in [0.1, 0.15) is 24.5 Å². The molecule has 1 heterocycles. The van der Waals surface area contributed by atoms with E-state index < -0.39 is 23.9 Å². The lowest BCUT2D eigenvalue weighted by Gasteiger charge is -2.20. The Morgan fingerprint density at radius 1 is 1.17 bits per heavy atom. The molecule has 158 valence electrons. The van der Waals surface area contributed by atoms with Crippen LogP contribution < -0.4 is 15.0 Å². The van der Waals surface area contributed by atoms with Crippen molar-refractivity contribution >= 4 is 29.2 Å². The topological polar surface area (TPSA) is 84.9 Å². The Morgan fingerprint density at radius 3 is 2.60 bits per heavy atom. The van der Waals surface area contributed by atoms with Crippen molar-refractivity contribution in [1.82, 2.24) is 0 Å². The summed E-state index contributed by atoms with van der Waals surface area (Å²) in [7, 11) is 1.53. The minimum absolute atomic E-state index is 0.0301. The average molecular weight is 410 g/mol. The van der Waals surface area contributed by atoms with Gasteiger partial charge in [0.1, 0.15) is 5.75 Å². The third-order valence-electron chi connectivity index (χ3n) is 5.14. The van der Waals surface area contributed by atoms with Gasteiger partial charge < -0.3 is 19.7 Å². The second-order valence-electron chi connectivity index (χ2n) is 7.46. The van der Waals surface area contributed by atoms with Gasteiger partial charge in [0.15, 0.2) is 6.10 Å². The minimum atomic E-state index is -0.978. The van der Waals surface area contributed by atoms with Gasteiger partial charge in [-0.2, -0.15) is 0 Å². The lowest BCUT2D eigenvalue weighted by atomic mass is 10.1. The average Bonchev–Trinajstić information content (AvgIpc) is 3.11. The summed E-state index contributed by atoms with van der Waals surface area (Å²) < 4.78 is 10.7. The number of aryl methyl sites for hydroxylation is 2. The van der Waals surface area contributed by atoms with Crippen LogP contribution in [0.2, 0.25) is 0 Å². The lowest BCUT2D eigenvalue weighted by molar-refractivity contribution is -0.157. The first kappa shape index (κ1) is 21.4. The molecule has 0 aliphatic carbocycles. The van der Waals surface area contributed by atoms with Crippen molar-refractivity contribution in [1.29, 1.82) is 0 Å². The molecule has 2 aromatic carbocycles. The van der Waals surface area contributed by atoms with Crippen LogP contribution in [-0.2, 0) is 19.1 Å². The van der Waals surface area contributed by atoms with Crippen molar-refractivity contribution in [3.05, 3.63) is 53.6 Å². The van der Waals surface area contributed by atoms with E-state index in [0.29, 0.717) is 17.1 Å². The molecule has 0 unspecified atom stereocenters. The maximum absolute atomic E-state index is 12.6. The van der Waals surface area contributed by atoms with E-state index >= 15 is 0 Å². The number of nitrogens with one attached hydrogen (secondary N) is 1. The van der Waals surface area contributed by atoms with Crippen molar-refractivity contribution in [2.24, 2.45) is 5.92 Å². The van der Waals surface area contributed by atoms with E-state index in [-0.39, 0.29) is 18.9 Å². The van der Waals surface area contributed by atoms with E-state index in [1.165, 1.54) is 18.9 Å². The molecule has 2 atom stereocenters. The zero-order valence-corrected chi connectivity index (χ0v) is 17.6. The first-order valence-corrected chi connectivity index (χ1v) is 9.82. The molecule has 2 amide bonds. The third kappa shape index (κ3) is 4.62. The fourth-order valence-corrected chi connectivity index (χ4v) is 3.46. The SMILES string of the molecule is COc1ccccc1N1C[C@H](C(=O)O[C@@H](C)C(=O)Nc2ccc(C)cc2C)CC1=O. The van der Waals surface area contributed by atoms with Gasteiger partial charge in [-0.15, -0.1) is 0 Å². The number of carbonyl (C=O) groups excluding carboxylic acids is 3. The Labute approximate surface area is 176 Å². The predicted molar refractivity (Wildman–Crippen MR) is 114 cm³/mol. The molecule has 1 fully saturated rings. The number of para-hydroxylation sites is 2. The quantitative estimate of drug-likeness (QED) is 0.739. The highest BCUT2D eigenvalue weighted by Crippen LogP contribution is 2.33. The Morgan fingerprint density at radius 2 is 1.90 bits per heavy atom. The number of esters is 1. The number of nitrogens with zero attached hydrogens (tertiary/aromatic N) is 1. The molecule has 1 aliphatic heterocycles. The van der Waals surface area contributed by atoms with Gasteiger partial charge in [0.05, 0.1) is 18.7 Å². The van der Waals surface area contributed by atoms with Crippen molar-refractivity contribution in [3.8, 4) is 5.75 Å². The standard InChI is InChI=1S/C23H26N2O5/c1-14-9-10-18(15(2)11-14)24-22(27)16(3)30-23(28)17-12-21(26)25(13-17)19-7-5-6-8-20(19)29-4/h5-11,16-17H,12-13H2,1-4H3,(H,24,27)/t16-,17+/m0/s1. The summed E-state index contributed by atoms with van der Waals surface area (Å²) in [4.78, 5) is 39.0. The van der Waals surface area contributed by atoms with Gasteiger partial charge in [0, 0.05) is 18.7 Å². The van der Waals surface area contributed by atoms with Gasteiger partial charge in [-0.1, -0.05) is 29.8 Å². The van der Waals surface area contributed by atoms with Gasteiger partial charge in [-0.25, -0.2) is 0 Å². The Kier molecular flexibility index (Phi) is 6.40. The van der Waals surface area contributed by atoms with Crippen LogP contribution in [-0.4, -0.2) is 37.5 Å². The number of ether oxygens (including phenoxy) is 2. The highest BCUT2D eigenvalue weighted by molar-refractivity contribution is 6.01. The third-order valence-corrected chi connectivity index (χ3v) is 5.14. The molecular weight excluding hydrogens is 384 g/mol. The van der Waals surface area contributed by atoms with Crippen molar-refractivity contribution < 1.29 is 23.9 Å². The smallest absolute Gasteiger partial charge is 0.312 e. The molecule has 1 N–H and O–H groups in total. The fourth-order valence-electron chi connectivity index (χ4n) is 3.46. The van der Waals surface area contributed by atoms with Gasteiger partial charge >= 0.3 is 5.97 Å². The van der Waals surface area contributed by atoms with Crippen LogP contribution in [0.4, 0.5) is 11.4 Å². The van der Waals surface area contributed by atoms with E-state index in [1.54, 1.807) is 18.2 Å². The summed E-state index contributed by atoms with van der Waals surface area (Å²) in [6.07, 6.45) is -0.948. The molecule has 7 heteroatoms. The maximum atomic E-state index is 12.6. The van der Waals surface area contributed by atoms with E-state index in [0.717, 1.165) is 11.1 Å². The normalized spacial score (nSPS) is 16.9. The molecule has 3 rings (SSSR count). The molecule has 0 bridgehead atoms. The monoisotopic (exact) mass is 410 g/mol. The zero-order valence-electron chi connectivity index (χ0n) is 17.6. The second kappa shape index (κ2) is 8.98. The van der Waals surface area contributed by atoms with Crippen LogP contribution in [0, 0.1) is 19.8 Å². The molecule has 1 saturated heterocycles. The first-order chi connectivity index (χ1) is 14.3. The minimum Gasteiger partial charge on any atom is -0.495 e. The van der Waals surface area contributed by atoms with Crippen molar-refractivity contribution in [2.45, 2.75) is 33.3 Å². The number of anilines is 2. The summed E-state index contributed by atoms with van der Waals surface area (Å²) in [5, 5.41) is 2.78. The molecule has 0 aromatic heterocycles. The molecule has 2 aromatic rings. The molecule has 7 nitrogen and oxygen atoms in total. The highest BCUT2D eigenvalue weighted by Gasteiger charge is 2.38. The zero-order chi connectivity index (χ0) is 21.8. The Bertz CT molecular complexity index is 972. The number of methoxy groups -OCH3 is 1. The summed E-state index contributed by atoms with van der Waals surface area (Å²) >= 11 is 0. The molecule has 30 heavy (non-hydrogen) atoms. The molecule has 0 spiro atoms. The van der Waals surface area contributed by atoms with Crippen LogP contribution in [0.5, 0.6) is 5.75 Å². The van der Waals surface area contributed by atoms with Crippen LogP contribution in [0.15, 0.2) is 42.5 Å². The van der Waals surface area contributed by atoms with E-state index in [1.807, 2.05) is 38.1 Å². The second-order valence-corrected chi connectivity index (χ2v) is 7.46. The Balaban J connectivity index is 1.61. The summed E-state index contributed by atoms with van der Waals surface area (Å²) in [5.41, 5.74) is 3.30. The van der Waals surface area contributed by atoms with Crippen LogP contribution in [0.25, 0.3) is 0 Å². The highest BCUT2D eigenvalue weighted by atomic mass is 16.5. The van der Waals surface area contributed by atoms with E-state index in [4.69, 9.17) is 9.47 Å². The van der Waals surface area contributed by atoms with Gasteiger partial charge in [0.2, 0.25) is 5.91 Å². The lowest BCUT2D eigenvalue weighted by Crippen LogP contribution is -2.33. The van der Waals surface area contributed by atoms with Gasteiger partial charge in [-0.05, 0) is 44.5 Å². The molecular formula is C23H26N2O5. The van der Waals surface area contributed by atoms with E-state index in [9.17, 15) is 14.4 Å². The molecule has 0 radical (unpaired) electrons. The first-order valence-electron chi connectivity index (χ1n) is 9.82. The number of hydrogen-bond acceptors (Lipinski definition) is 5. The maximum Gasteiger partial charge on any atom is 0.312 e. The molecule has 0 saturated carbocycles. The number of rotatable bonds is 6. The van der Waals surface area contributed by atoms with Crippen molar-refractivity contribution in [2.75, 3.05) is 23.9 Å². The largest absolute Gasteiger partial charge is 0.495 e. The van der Waals surface area contributed by atoms with E-state index in [2.05, 4.69) is 5.32 Å². The molecule has 1 aliphatic rings. The Hall–Kier alpha value is -3.35.